The quantitative estimate of drug-likeness (QED) is 0.685. The molecule has 31 heavy (non-hydrogen) atoms. The van der Waals surface area contributed by atoms with Gasteiger partial charge in [-0.25, -0.2) is 13.2 Å². The first kappa shape index (κ1) is 22.8. The number of nitrogens with one attached hydrogen (secondary N) is 1. The van der Waals surface area contributed by atoms with Crippen LogP contribution in [0.2, 0.25) is 0 Å². The second-order valence-corrected chi connectivity index (χ2v) is 9.35. The number of hydrogen-bond acceptors (Lipinski definition) is 6. The first-order chi connectivity index (χ1) is 14.8. The van der Waals surface area contributed by atoms with E-state index in [1.165, 1.54) is 30.7 Å². The van der Waals surface area contributed by atoms with Gasteiger partial charge in [-0.3, -0.25) is 4.79 Å². The van der Waals surface area contributed by atoms with Crippen LogP contribution in [-0.2, 0) is 19.6 Å². The molecular weight excluding hydrogens is 420 g/mol. The zero-order chi connectivity index (χ0) is 22.6. The molecule has 1 aliphatic heterocycles. The summed E-state index contributed by atoms with van der Waals surface area (Å²) in [5, 5.41) is 2.78. The second kappa shape index (κ2) is 9.49. The maximum absolute atomic E-state index is 13.0. The van der Waals surface area contributed by atoms with E-state index in [4.69, 9.17) is 9.47 Å². The van der Waals surface area contributed by atoms with E-state index in [-0.39, 0.29) is 22.9 Å². The van der Waals surface area contributed by atoms with Gasteiger partial charge in [0.25, 0.3) is 0 Å². The van der Waals surface area contributed by atoms with Crippen molar-refractivity contribution in [1.82, 2.24) is 4.31 Å². The summed E-state index contributed by atoms with van der Waals surface area (Å²) in [5.74, 6) is -1.00. The third-order valence-electron chi connectivity index (χ3n) is 5.29. The molecule has 0 spiro atoms. The molecule has 0 aliphatic carbocycles. The van der Waals surface area contributed by atoms with Crippen LogP contribution in [0, 0.1) is 12.8 Å². The van der Waals surface area contributed by atoms with E-state index in [0.29, 0.717) is 30.8 Å². The summed E-state index contributed by atoms with van der Waals surface area (Å²) in [5.41, 5.74) is 1.57. The Labute approximate surface area is 182 Å². The number of anilines is 1. The Morgan fingerprint density at radius 3 is 2.45 bits per heavy atom. The lowest BCUT2D eigenvalue weighted by Gasteiger charge is -2.31. The highest BCUT2D eigenvalue weighted by molar-refractivity contribution is 7.89. The van der Waals surface area contributed by atoms with Gasteiger partial charge in [-0.05, 0) is 50.1 Å². The van der Waals surface area contributed by atoms with Gasteiger partial charge >= 0.3 is 5.97 Å². The minimum atomic E-state index is -3.68. The van der Waals surface area contributed by atoms with Crippen molar-refractivity contribution in [3.05, 3.63) is 53.6 Å². The van der Waals surface area contributed by atoms with Crippen molar-refractivity contribution in [3.63, 3.8) is 0 Å². The van der Waals surface area contributed by atoms with Crippen LogP contribution in [0.1, 0.15) is 28.8 Å². The summed E-state index contributed by atoms with van der Waals surface area (Å²) in [6.07, 6.45) is 1.13. The molecule has 0 bridgehead atoms. The molecule has 0 saturated carbocycles. The Balaban J connectivity index is 1.77. The fourth-order valence-corrected chi connectivity index (χ4v) is 5.04. The van der Waals surface area contributed by atoms with Crippen molar-refractivity contribution in [1.29, 1.82) is 0 Å². The lowest BCUT2D eigenvalue weighted by molar-refractivity contribution is -0.120. The molecule has 9 heteroatoms. The summed E-state index contributed by atoms with van der Waals surface area (Å²) in [6, 6.07) is 11.2. The van der Waals surface area contributed by atoms with Crippen LogP contribution < -0.4 is 10.1 Å². The third-order valence-corrected chi connectivity index (χ3v) is 7.17. The van der Waals surface area contributed by atoms with Gasteiger partial charge in [0, 0.05) is 13.1 Å². The molecule has 0 aromatic heterocycles. The fraction of sp³-hybridized carbons (Fsp3) is 0.364. The zero-order valence-corrected chi connectivity index (χ0v) is 18.6. The number of methoxy groups -OCH3 is 2. The van der Waals surface area contributed by atoms with Gasteiger partial charge in [-0.2, -0.15) is 4.31 Å². The van der Waals surface area contributed by atoms with Gasteiger partial charge < -0.3 is 14.8 Å². The summed E-state index contributed by atoms with van der Waals surface area (Å²) in [4.78, 5) is 25.0. The lowest BCUT2D eigenvalue weighted by atomic mass is 9.98. The number of ether oxygens (including phenoxy) is 2. The molecule has 166 valence electrons. The van der Waals surface area contributed by atoms with Gasteiger partial charge in [0.05, 0.1) is 36.3 Å². The first-order valence-electron chi connectivity index (χ1n) is 9.90. The first-order valence-corrected chi connectivity index (χ1v) is 11.3. The molecule has 1 atom stereocenters. The van der Waals surface area contributed by atoms with Crippen molar-refractivity contribution in [2.45, 2.75) is 24.7 Å². The number of carbonyl (C=O) groups excluding carboxylic acids is 2. The van der Waals surface area contributed by atoms with E-state index in [1.54, 1.807) is 30.3 Å². The normalized spacial score (nSPS) is 17.1. The number of carbonyl (C=O) groups is 2. The number of sulfonamides is 1. The van der Waals surface area contributed by atoms with Crippen LogP contribution in [0.5, 0.6) is 5.75 Å². The Bertz CT molecular complexity index is 1070. The van der Waals surface area contributed by atoms with E-state index in [9.17, 15) is 18.0 Å². The number of benzene rings is 2. The number of nitrogens with zero attached hydrogens (tertiary/aromatic N) is 1. The monoisotopic (exact) mass is 446 g/mol. The molecule has 1 heterocycles. The Kier molecular flexibility index (Phi) is 6.97. The fourth-order valence-electron chi connectivity index (χ4n) is 3.52. The molecule has 1 amide bonds. The average molecular weight is 447 g/mol. The van der Waals surface area contributed by atoms with E-state index in [2.05, 4.69) is 5.32 Å². The van der Waals surface area contributed by atoms with E-state index >= 15 is 0 Å². The maximum atomic E-state index is 13.0. The molecular formula is C22H26N2O6S. The van der Waals surface area contributed by atoms with E-state index in [1.807, 2.05) is 6.92 Å². The highest BCUT2D eigenvalue weighted by atomic mass is 32.2. The largest absolute Gasteiger partial charge is 0.495 e. The summed E-state index contributed by atoms with van der Waals surface area (Å²) in [6.45, 7) is 2.34. The predicted molar refractivity (Wildman–Crippen MR) is 116 cm³/mol. The van der Waals surface area contributed by atoms with Crippen LogP contribution in [-0.4, -0.2) is 51.9 Å². The van der Waals surface area contributed by atoms with Gasteiger partial charge in [-0.15, -0.1) is 0 Å². The molecule has 2 aromatic rings. The number of hydrogen-bond donors (Lipinski definition) is 1. The highest BCUT2D eigenvalue weighted by Crippen LogP contribution is 2.29. The Morgan fingerprint density at radius 2 is 1.81 bits per heavy atom. The minimum Gasteiger partial charge on any atom is -0.495 e. The van der Waals surface area contributed by atoms with Crippen LogP contribution in [0.3, 0.4) is 0 Å². The van der Waals surface area contributed by atoms with Crippen molar-refractivity contribution in [3.8, 4) is 5.75 Å². The summed E-state index contributed by atoms with van der Waals surface area (Å²) < 4.78 is 37.3. The molecule has 1 fully saturated rings. The standard InChI is InChI=1S/C22H26N2O6S/c1-15-6-9-18(10-7-15)31(27,28)24-12-4-5-17(14-24)21(25)23-19-13-16(22(26)30-3)8-11-20(19)29-2/h6-11,13,17H,4-5,12,14H2,1-3H3,(H,23,25)/t17-/m0/s1. The SMILES string of the molecule is COC(=O)c1ccc(OC)c(NC(=O)[C@H]2CCCN(S(=O)(=O)c3ccc(C)cc3)C2)c1. The van der Waals surface area contributed by atoms with Crippen molar-refractivity contribution < 1.29 is 27.5 Å². The molecule has 1 aliphatic rings. The van der Waals surface area contributed by atoms with Gasteiger partial charge in [-0.1, -0.05) is 17.7 Å². The summed E-state index contributed by atoms with van der Waals surface area (Å²) >= 11 is 0. The summed E-state index contributed by atoms with van der Waals surface area (Å²) in [7, 11) is -0.953. The van der Waals surface area contributed by atoms with Crippen LogP contribution in [0.25, 0.3) is 0 Å². The predicted octanol–water partition coefficient (Wildman–Crippen LogP) is 2.83. The number of esters is 1. The zero-order valence-electron chi connectivity index (χ0n) is 17.8. The number of rotatable bonds is 6. The number of amides is 1. The van der Waals surface area contributed by atoms with Crippen LogP contribution in [0.15, 0.2) is 47.4 Å². The van der Waals surface area contributed by atoms with Gasteiger partial charge in [0.1, 0.15) is 5.75 Å². The number of aryl methyl sites for hydroxylation is 1. The molecule has 1 saturated heterocycles. The van der Waals surface area contributed by atoms with Crippen molar-refractivity contribution in [2.24, 2.45) is 5.92 Å². The Hall–Kier alpha value is -2.91. The minimum absolute atomic E-state index is 0.0844. The van der Waals surface area contributed by atoms with Crippen LogP contribution in [0.4, 0.5) is 5.69 Å². The molecule has 0 unspecified atom stereocenters. The average Bonchev–Trinajstić information content (AvgIpc) is 2.78. The maximum Gasteiger partial charge on any atom is 0.337 e. The van der Waals surface area contributed by atoms with E-state index < -0.39 is 21.9 Å². The Morgan fingerprint density at radius 1 is 1.10 bits per heavy atom. The molecule has 3 rings (SSSR count). The van der Waals surface area contributed by atoms with Gasteiger partial charge in [0.2, 0.25) is 15.9 Å². The van der Waals surface area contributed by atoms with Crippen molar-refractivity contribution >= 4 is 27.6 Å². The van der Waals surface area contributed by atoms with Crippen molar-refractivity contribution in [2.75, 3.05) is 32.6 Å². The highest BCUT2D eigenvalue weighted by Gasteiger charge is 2.33. The molecule has 0 radical (unpaired) electrons. The topological polar surface area (TPSA) is 102 Å². The number of piperidine rings is 1. The molecule has 8 nitrogen and oxygen atoms in total. The molecule has 1 N–H and O–H groups in total. The third kappa shape index (κ3) is 5.05. The van der Waals surface area contributed by atoms with E-state index in [0.717, 1.165) is 5.56 Å². The van der Waals surface area contributed by atoms with Crippen LogP contribution >= 0.6 is 0 Å². The molecule has 2 aromatic carbocycles. The van der Waals surface area contributed by atoms with Gasteiger partial charge in [0.15, 0.2) is 0 Å². The smallest absolute Gasteiger partial charge is 0.337 e. The second-order valence-electron chi connectivity index (χ2n) is 7.41. The lowest BCUT2D eigenvalue weighted by Crippen LogP contribution is -2.43.